The monoisotopic (exact) mass is 274 g/mol. The van der Waals surface area contributed by atoms with E-state index in [0.717, 1.165) is 25.9 Å². The van der Waals surface area contributed by atoms with Crippen molar-refractivity contribution >= 4 is 6.03 Å². The predicted molar refractivity (Wildman–Crippen MR) is 82.8 cm³/mol. The summed E-state index contributed by atoms with van der Waals surface area (Å²) < 4.78 is 0. The molecule has 0 radical (unpaired) electrons. The van der Waals surface area contributed by atoms with Gasteiger partial charge in [0.05, 0.1) is 0 Å². The summed E-state index contributed by atoms with van der Waals surface area (Å²) in [6, 6.07) is 10.5. The zero-order valence-corrected chi connectivity index (χ0v) is 12.6. The molecule has 0 spiro atoms. The van der Waals surface area contributed by atoms with Crippen LogP contribution in [0.2, 0.25) is 0 Å². The van der Waals surface area contributed by atoms with Gasteiger partial charge in [-0.1, -0.05) is 44.2 Å². The van der Waals surface area contributed by atoms with Gasteiger partial charge in [-0.2, -0.15) is 0 Å². The molecule has 110 valence electrons. The van der Waals surface area contributed by atoms with Crippen molar-refractivity contribution in [2.24, 2.45) is 5.92 Å². The number of amides is 2. The van der Waals surface area contributed by atoms with Gasteiger partial charge in [0.25, 0.3) is 0 Å². The molecule has 0 heterocycles. The molecule has 0 unspecified atom stereocenters. The van der Waals surface area contributed by atoms with Crippen LogP contribution < -0.4 is 10.6 Å². The van der Waals surface area contributed by atoms with E-state index in [0.29, 0.717) is 5.92 Å². The third-order valence-corrected chi connectivity index (χ3v) is 4.07. The lowest BCUT2D eigenvalue weighted by atomic mass is 9.96. The Kier molecular flexibility index (Phi) is 5.05. The van der Waals surface area contributed by atoms with Crippen LogP contribution in [-0.2, 0) is 5.41 Å². The Morgan fingerprint density at radius 3 is 2.50 bits per heavy atom. The van der Waals surface area contributed by atoms with Crippen molar-refractivity contribution in [2.45, 2.75) is 44.9 Å². The lowest BCUT2D eigenvalue weighted by Crippen LogP contribution is -2.40. The maximum Gasteiger partial charge on any atom is 0.314 e. The first-order valence-electron chi connectivity index (χ1n) is 7.70. The summed E-state index contributed by atoms with van der Waals surface area (Å²) in [5, 5.41) is 5.96. The fraction of sp³-hybridized carbons (Fsp3) is 0.588. The van der Waals surface area contributed by atoms with Gasteiger partial charge in [0.2, 0.25) is 0 Å². The number of carbonyl (C=O) groups is 1. The number of hydrogen-bond donors (Lipinski definition) is 2. The molecule has 0 atom stereocenters. The molecule has 1 aliphatic carbocycles. The number of nitrogens with one attached hydrogen (secondary N) is 2. The molecule has 1 saturated carbocycles. The number of carbonyl (C=O) groups excluding carboxylic acids is 1. The molecule has 2 amide bonds. The standard InChI is InChI=1S/C17H26N2O/c1-14(2)7-6-12-18-16(20)19-13-17(10-11-17)15-8-4-3-5-9-15/h3-5,8-9,14H,6-7,10-13H2,1-2H3,(H2,18,19,20). The van der Waals surface area contributed by atoms with Crippen LogP contribution in [0.25, 0.3) is 0 Å². The molecule has 0 aromatic heterocycles. The van der Waals surface area contributed by atoms with Crippen LogP contribution in [0.3, 0.4) is 0 Å². The molecular formula is C17H26N2O. The van der Waals surface area contributed by atoms with Gasteiger partial charge in [0.1, 0.15) is 0 Å². The van der Waals surface area contributed by atoms with E-state index < -0.39 is 0 Å². The average molecular weight is 274 g/mol. The fourth-order valence-corrected chi connectivity index (χ4v) is 2.53. The third kappa shape index (κ3) is 4.26. The second-order valence-corrected chi connectivity index (χ2v) is 6.29. The van der Waals surface area contributed by atoms with Gasteiger partial charge in [-0.15, -0.1) is 0 Å². The van der Waals surface area contributed by atoms with Crippen molar-refractivity contribution in [3.63, 3.8) is 0 Å². The van der Waals surface area contributed by atoms with E-state index in [9.17, 15) is 4.79 Å². The summed E-state index contributed by atoms with van der Waals surface area (Å²) in [4.78, 5) is 11.8. The van der Waals surface area contributed by atoms with Crippen LogP contribution in [0.5, 0.6) is 0 Å². The average Bonchev–Trinajstić information content (AvgIpc) is 3.23. The van der Waals surface area contributed by atoms with Gasteiger partial charge in [0.15, 0.2) is 0 Å². The second-order valence-electron chi connectivity index (χ2n) is 6.29. The first-order chi connectivity index (χ1) is 9.62. The summed E-state index contributed by atoms with van der Waals surface area (Å²) in [5.74, 6) is 0.702. The normalized spacial score (nSPS) is 15.9. The molecule has 1 aromatic rings. The van der Waals surface area contributed by atoms with Crippen LogP contribution in [0.4, 0.5) is 4.79 Å². The Balaban J connectivity index is 1.69. The molecule has 20 heavy (non-hydrogen) atoms. The summed E-state index contributed by atoms with van der Waals surface area (Å²) in [6.45, 7) is 5.92. The minimum absolute atomic E-state index is 0.0315. The molecule has 0 saturated heterocycles. The molecule has 3 nitrogen and oxygen atoms in total. The van der Waals surface area contributed by atoms with Crippen molar-refractivity contribution in [1.82, 2.24) is 10.6 Å². The van der Waals surface area contributed by atoms with E-state index in [1.165, 1.54) is 18.4 Å². The summed E-state index contributed by atoms with van der Waals surface area (Å²) in [5.41, 5.74) is 1.54. The van der Waals surface area contributed by atoms with Crippen molar-refractivity contribution in [3.05, 3.63) is 35.9 Å². The molecule has 1 aromatic carbocycles. The summed E-state index contributed by atoms with van der Waals surface area (Å²) in [7, 11) is 0. The van der Waals surface area contributed by atoms with E-state index in [1.807, 2.05) is 6.07 Å². The number of hydrogen-bond acceptors (Lipinski definition) is 1. The fourth-order valence-electron chi connectivity index (χ4n) is 2.53. The quantitative estimate of drug-likeness (QED) is 0.735. The number of rotatable bonds is 7. The molecular weight excluding hydrogens is 248 g/mol. The topological polar surface area (TPSA) is 41.1 Å². The van der Waals surface area contributed by atoms with Crippen molar-refractivity contribution in [2.75, 3.05) is 13.1 Å². The highest BCUT2D eigenvalue weighted by Gasteiger charge is 2.44. The van der Waals surface area contributed by atoms with Crippen molar-refractivity contribution in [3.8, 4) is 0 Å². The number of urea groups is 1. The van der Waals surface area contributed by atoms with E-state index >= 15 is 0 Å². The summed E-state index contributed by atoms with van der Waals surface area (Å²) >= 11 is 0. The van der Waals surface area contributed by atoms with E-state index in [1.54, 1.807) is 0 Å². The SMILES string of the molecule is CC(C)CCCNC(=O)NCC1(c2ccccc2)CC1. The molecule has 2 rings (SSSR count). The maximum atomic E-state index is 11.8. The Labute approximate surface area is 122 Å². The van der Waals surface area contributed by atoms with Crippen LogP contribution in [0.1, 0.15) is 45.1 Å². The lowest BCUT2D eigenvalue weighted by molar-refractivity contribution is 0.239. The molecule has 0 bridgehead atoms. The van der Waals surface area contributed by atoms with Crippen LogP contribution in [0, 0.1) is 5.92 Å². The smallest absolute Gasteiger partial charge is 0.314 e. The molecule has 1 aliphatic rings. The zero-order valence-electron chi connectivity index (χ0n) is 12.6. The van der Waals surface area contributed by atoms with Gasteiger partial charge in [-0.3, -0.25) is 0 Å². The minimum atomic E-state index is -0.0315. The highest BCUT2D eigenvalue weighted by atomic mass is 16.2. The molecule has 3 heteroatoms. The molecule has 0 aliphatic heterocycles. The lowest BCUT2D eigenvalue weighted by Gasteiger charge is -2.17. The van der Waals surface area contributed by atoms with Crippen LogP contribution in [-0.4, -0.2) is 19.1 Å². The Hall–Kier alpha value is -1.51. The van der Waals surface area contributed by atoms with Gasteiger partial charge in [0, 0.05) is 18.5 Å². The highest BCUT2D eigenvalue weighted by molar-refractivity contribution is 5.74. The Morgan fingerprint density at radius 1 is 1.20 bits per heavy atom. The predicted octanol–water partition coefficient (Wildman–Crippen LogP) is 3.45. The first-order valence-corrected chi connectivity index (χ1v) is 7.70. The molecule has 1 fully saturated rings. The minimum Gasteiger partial charge on any atom is -0.338 e. The number of benzene rings is 1. The highest BCUT2D eigenvalue weighted by Crippen LogP contribution is 2.47. The van der Waals surface area contributed by atoms with Crippen molar-refractivity contribution in [1.29, 1.82) is 0 Å². The summed E-state index contributed by atoms with van der Waals surface area (Å²) in [6.07, 6.45) is 4.55. The van der Waals surface area contributed by atoms with E-state index in [4.69, 9.17) is 0 Å². The molecule has 2 N–H and O–H groups in total. The maximum absolute atomic E-state index is 11.8. The van der Waals surface area contributed by atoms with Crippen molar-refractivity contribution < 1.29 is 4.79 Å². The first kappa shape index (κ1) is 14.9. The van der Waals surface area contributed by atoms with Gasteiger partial charge < -0.3 is 10.6 Å². The Bertz CT molecular complexity index is 424. The third-order valence-electron chi connectivity index (χ3n) is 4.07. The van der Waals surface area contributed by atoms with Gasteiger partial charge in [-0.05, 0) is 37.2 Å². The zero-order chi connectivity index (χ0) is 14.4. The van der Waals surface area contributed by atoms with E-state index in [2.05, 4.69) is 48.7 Å². The second kappa shape index (κ2) is 6.78. The van der Waals surface area contributed by atoms with Crippen LogP contribution in [0.15, 0.2) is 30.3 Å². The van der Waals surface area contributed by atoms with Gasteiger partial charge in [-0.25, -0.2) is 4.79 Å². The van der Waals surface area contributed by atoms with Crippen LogP contribution >= 0.6 is 0 Å². The van der Waals surface area contributed by atoms with Gasteiger partial charge >= 0.3 is 6.03 Å². The van der Waals surface area contributed by atoms with E-state index in [-0.39, 0.29) is 11.4 Å². The Morgan fingerprint density at radius 2 is 1.90 bits per heavy atom. The largest absolute Gasteiger partial charge is 0.338 e.